The Balaban J connectivity index is 1.54. The Hall–Kier alpha value is -3.46. The molecule has 0 saturated carbocycles. The van der Waals surface area contributed by atoms with Crippen LogP contribution in [0.15, 0.2) is 59.0 Å². The van der Waals surface area contributed by atoms with Gasteiger partial charge in [-0.25, -0.2) is 0 Å². The van der Waals surface area contributed by atoms with Gasteiger partial charge in [0.05, 0.1) is 6.61 Å². The smallest absolute Gasteiger partial charge is 0.236 e. The van der Waals surface area contributed by atoms with Crippen molar-refractivity contribution in [2.24, 2.45) is 0 Å². The van der Waals surface area contributed by atoms with Crippen LogP contribution < -0.4 is 14.8 Å². The van der Waals surface area contributed by atoms with Crippen LogP contribution in [0.2, 0.25) is 0 Å². The van der Waals surface area contributed by atoms with Crippen molar-refractivity contribution in [1.82, 2.24) is 4.98 Å². The van der Waals surface area contributed by atoms with Gasteiger partial charge in [-0.3, -0.25) is 0 Å². The van der Waals surface area contributed by atoms with E-state index in [2.05, 4.69) is 22.4 Å². The minimum Gasteiger partial charge on any atom is -0.494 e. The lowest BCUT2D eigenvalue weighted by Gasteiger charge is -2.06. The number of ether oxygens (including phenoxy) is 2. The summed E-state index contributed by atoms with van der Waals surface area (Å²) >= 11 is 0. The molecule has 0 aliphatic heterocycles. The van der Waals surface area contributed by atoms with Gasteiger partial charge in [-0.1, -0.05) is 30.3 Å². The number of nitrogens with zero attached hydrogens (tertiary/aromatic N) is 2. The van der Waals surface area contributed by atoms with Crippen LogP contribution in [-0.4, -0.2) is 18.1 Å². The monoisotopic (exact) mass is 363 g/mol. The summed E-state index contributed by atoms with van der Waals surface area (Å²) in [5.41, 5.74) is 1.44. The van der Waals surface area contributed by atoms with Crippen LogP contribution in [0.5, 0.6) is 11.5 Å². The molecule has 6 heteroatoms. The van der Waals surface area contributed by atoms with E-state index in [1.807, 2.05) is 55.5 Å². The summed E-state index contributed by atoms with van der Waals surface area (Å²) in [6.07, 6.45) is 0.824. The van der Waals surface area contributed by atoms with Crippen LogP contribution in [0, 0.1) is 11.3 Å². The molecule has 138 valence electrons. The first-order valence-corrected chi connectivity index (χ1v) is 8.81. The minimum atomic E-state index is 0.142. The van der Waals surface area contributed by atoms with E-state index in [9.17, 15) is 5.26 Å². The summed E-state index contributed by atoms with van der Waals surface area (Å²) in [5, 5.41) is 12.4. The zero-order valence-electron chi connectivity index (χ0n) is 15.1. The highest BCUT2D eigenvalue weighted by molar-refractivity contribution is 5.45. The summed E-state index contributed by atoms with van der Waals surface area (Å²) < 4.78 is 16.7. The third kappa shape index (κ3) is 5.25. The van der Waals surface area contributed by atoms with Gasteiger partial charge >= 0.3 is 0 Å². The maximum absolute atomic E-state index is 9.25. The zero-order chi connectivity index (χ0) is 18.9. The molecule has 3 rings (SSSR count). The second-order valence-electron chi connectivity index (χ2n) is 5.75. The van der Waals surface area contributed by atoms with E-state index >= 15 is 0 Å². The molecule has 3 aromatic rings. The molecule has 0 fully saturated rings. The maximum atomic E-state index is 9.25. The Morgan fingerprint density at radius 3 is 2.41 bits per heavy atom. The SMILES string of the molecule is CCOc1ccc(OCc2nc(C#N)c(NCCc3ccccc3)o2)cc1. The molecule has 0 saturated heterocycles. The van der Waals surface area contributed by atoms with E-state index in [0.717, 1.165) is 12.2 Å². The van der Waals surface area contributed by atoms with E-state index in [0.29, 0.717) is 30.7 Å². The van der Waals surface area contributed by atoms with Crippen molar-refractivity contribution in [3.8, 4) is 17.6 Å². The van der Waals surface area contributed by atoms with Crippen LogP contribution in [0.25, 0.3) is 0 Å². The largest absolute Gasteiger partial charge is 0.494 e. The molecule has 0 spiro atoms. The van der Waals surface area contributed by atoms with Crippen molar-refractivity contribution in [2.45, 2.75) is 20.0 Å². The van der Waals surface area contributed by atoms with Crippen molar-refractivity contribution in [3.63, 3.8) is 0 Å². The molecule has 0 unspecified atom stereocenters. The van der Waals surface area contributed by atoms with Crippen LogP contribution in [-0.2, 0) is 13.0 Å². The molecule has 0 amide bonds. The second-order valence-corrected chi connectivity index (χ2v) is 5.75. The standard InChI is InChI=1S/C21H21N3O3/c1-2-25-17-8-10-18(11-9-17)26-15-20-24-19(14-22)21(27-20)23-13-12-16-6-4-3-5-7-16/h3-11,23H,2,12-13,15H2,1H3. The molecular formula is C21H21N3O3. The number of rotatable bonds is 9. The van der Waals surface area contributed by atoms with Gasteiger partial charge in [0.25, 0.3) is 0 Å². The lowest BCUT2D eigenvalue weighted by molar-refractivity contribution is 0.264. The van der Waals surface area contributed by atoms with E-state index in [1.54, 1.807) is 0 Å². The van der Waals surface area contributed by atoms with Crippen LogP contribution in [0.1, 0.15) is 24.1 Å². The lowest BCUT2D eigenvalue weighted by Crippen LogP contribution is -2.05. The molecule has 0 radical (unpaired) electrons. The van der Waals surface area contributed by atoms with Crippen LogP contribution >= 0.6 is 0 Å². The number of hydrogen-bond donors (Lipinski definition) is 1. The van der Waals surface area contributed by atoms with Crippen molar-refractivity contribution >= 4 is 5.88 Å². The van der Waals surface area contributed by atoms with E-state index in [-0.39, 0.29) is 12.3 Å². The Labute approximate surface area is 158 Å². The van der Waals surface area contributed by atoms with Gasteiger partial charge in [0.2, 0.25) is 17.5 Å². The Morgan fingerprint density at radius 2 is 1.74 bits per heavy atom. The molecule has 1 heterocycles. The summed E-state index contributed by atoms with van der Waals surface area (Å²) in [4.78, 5) is 4.18. The topological polar surface area (TPSA) is 80.3 Å². The van der Waals surface area contributed by atoms with Crippen molar-refractivity contribution in [2.75, 3.05) is 18.5 Å². The van der Waals surface area contributed by atoms with Crippen LogP contribution in [0.3, 0.4) is 0 Å². The molecular weight excluding hydrogens is 342 g/mol. The first-order chi connectivity index (χ1) is 13.3. The van der Waals surface area contributed by atoms with Gasteiger partial charge in [0, 0.05) is 6.54 Å². The minimum absolute atomic E-state index is 0.142. The number of benzene rings is 2. The van der Waals surface area contributed by atoms with Gasteiger partial charge in [-0.15, -0.1) is 0 Å². The molecule has 0 aliphatic carbocycles. The third-order valence-electron chi connectivity index (χ3n) is 3.82. The van der Waals surface area contributed by atoms with Gasteiger partial charge in [-0.2, -0.15) is 10.2 Å². The van der Waals surface area contributed by atoms with Gasteiger partial charge in [-0.05, 0) is 43.2 Å². The van der Waals surface area contributed by atoms with E-state index in [4.69, 9.17) is 13.9 Å². The van der Waals surface area contributed by atoms with Crippen molar-refractivity contribution < 1.29 is 13.9 Å². The lowest BCUT2D eigenvalue weighted by atomic mass is 10.1. The fraction of sp³-hybridized carbons (Fsp3) is 0.238. The Bertz CT molecular complexity index is 883. The predicted molar refractivity (Wildman–Crippen MR) is 102 cm³/mol. The quantitative estimate of drug-likeness (QED) is 0.614. The number of anilines is 1. The number of aromatic nitrogens is 1. The van der Waals surface area contributed by atoms with Crippen LogP contribution in [0.4, 0.5) is 5.88 Å². The molecule has 6 nitrogen and oxygen atoms in total. The first-order valence-electron chi connectivity index (χ1n) is 8.81. The average molecular weight is 363 g/mol. The number of nitrogens with one attached hydrogen (secondary N) is 1. The molecule has 27 heavy (non-hydrogen) atoms. The summed E-state index contributed by atoms with van der Waals surface area (Å²) in [7, 11) is 0. The highest BCUT2D eigenvalue weighted by atomic mass is 16.5. The third-order valence-corrected chi connectivity index (χ3v) is 3.82. The Morgan fingerprint density at radius 1 is 1.04 bits per heavy atom. The molecule has 0 bridgehead atoms. The molecule has 1 N–H and O–H groups in total. The highest BCUT2D eigenvalue weighted by Crippen LogP contribution is 2.21. The highest BCUT2D eigenvalue weighted by Gasteiger charge is 2.13. The van der Waals surface area contributed by atoms with Gasteiger partial charge in [0.1, 0.15) is 17.6 Å². The summed E-state index contributed by atoms with van der Waals surface area (Å²) in [6, 6.07) is 19.5. The Kier molecular flexibility index (Phi) is 6.31. The zero-order valence-corrected chi connectivity index (χ0v) is 15.1. The van der Waals surface area contributed by atoms with E-state index in [1.165, 1.54) is 5.56 Å². The van der Waals surface area contributed by atoms with Gasteiger partial charge < -0.3 is 19.2 Å². The first kappa shape index (κ1) is 18.3. The number of oxazole rings is 1. The fourth-order valence-corrected chi connectivity index (χ4v) is 2.53. The average Bonchev–Trinajstić information content (AvgIpc) is 3.11. The number of nitriles is 1. The van der Waals surface area contributed by atoms with E-state index < -0.39 is 0 Å². The maximum Gasteiger partial charge on any atom is 0.236 e. The molecule has 0 atom stereocenters. The second kappa shape index (κ2) is 9.30. The number of hydrogen-bond acceptors (Lipinski definition) is 6. The molecule has 0 aliphatic rings. The van der Waals surface area contributed by atoms with Gasteiger partial charge in [0.15, 0.2) is 6.61 Å². The summed E-state index contributed by atoms with van der Waals surface area (Å²) in [6.45, 7) is 3.34. The van der Waals surface area contributed by atoms with Crippen molar-refractivity contribution in [1.29, 1.82) is 5.26 Å². The molecule has 2 aromatic carbocycles. The summed E-state index contributed by atoms with van der Waals surface area (Å²) in [5.74, 6) is 2.19. The fourth-order valence-electron chi connectivity index (χ4n) is 2.53. The predicted octanol–water partition coefficient (Wildman–Crippen LogP) is 4.18. The molecule has 1 aromatic heterocycles. The van der Waals surface area contributed by atoms with Crippen molar-refractivity contribution in [3.05, 3.63) is 71.7 Å². The normalized spacial score (nSPS) is 10.2.